The first-order valence-electron chi connectivity index (χ1n) is 10.1. The summed E-state index contributed by atoms with van der Waals surface area (Å²) in [5.74, 6) is 0.765. The molecule has 2 aromatic rings. The number of halogens is 1. The van der Waals surface area contributed by atoms with Gasteiger partial charge in [-0.25, -0.2) is 13.4 Å². The molecule has 30 heavy (non-hydrogen) atoms. The molecule has 1 atom stereocenters. The molecular weight excluding hydrogens is 422 g/mol. The van der Waals surface area contributed by atoms with Gasteiger partial charge in [0.15, 0.2) is 9.84 Å². The normalized spacial score (nSPS) is 15.7. The number of aromatic nitrogens is 1. The van der Waals surface area contributed by atoms with Crippen LogP contribution in [0.3, 0.4) is 0 Å². The van der Waals surface area contributed by atoms with Crippen LogP contribution in [0.5, 0.6) is 0 Å². The van der Waals surface area contributed by atoms with Crippen molar-refractivity contribution in [3.8, 4) is 0 Å². The summed E-state index contributed by atoms with van der Waals surface area (Å²) in [6.45, 7) is 0. The minimum Gasteiger partial charge on any atom is -0.376 e. The number of nitrogens with one attached hydrogen (secondary N) is 1. The highest BCUT2D eigenvalue weighted by Gasteiger charge is 2.29. The van der Waals surface area contributed by atoms with E-state index < -0.39 is 9.84 Å². The maximum Gasteiger partial charge on any atom is 0.226 e. The summed E-state index contributed by atoms with van der Waals surface area (Å²) in [6.07, 6.45) is 7.56. The van der Waals surface area contributed by atoms with Crippen molar-refractivity contribution < 1.29 is 13.2 Å². The number of carbonyl (C=O) groups is 1. The summed E-state index contributed by atoms with van der Waals surface area (Å²) in [5.41, 5.74) is 1.86. The highest BCUT2D eigenvalue weighted by atomic mass is 35.5. The van der Waals surface area contributed by atoms with E-state index in [0.29, 0.717) is 18.2 Å². The van der Waals surface area contributed by atoms with Gasteiger partial charge in [-0.05, 0) is 54.5 Å². The van der Waals surface area contributed by atoms with Crippen LogP contribution in [0.25, 0.3) is 0 Å². The van der Waals surface area contributed by atoms with Crippen molar-refractivity contribution in [3.05, 3.63) is 47.1 Å². The molecule has 0 radical (unpaired) electrons. The van der Waals surface area contributed by atoms with Gasteiger partial charge in [-0.2, -0.15) is 0 Å². The topological polar surface area (TPSA) is 79.4 Å². The fourth-order valence-corrected chi connectivity index (χ4v) is 5.42. The number of nitrogens with zero attached hydrogens (tertiary/aromatic N) is 2. The van der Waals surface area contributed by atoms with Gasteiger partial charge in [-0.15, -0.1) is 0 Å². The summed E-state index contributed by atoms with van der Waals surface area (Å²) < 4.78 is 23.8. The Bertz CT molecular complexity index is 1000. The molecule has 6 nitrogen and oxygen atoms in total. The van der Waals surface area contributed by atoms with Crippen molar-refractivity contribution in [1.29, 1.82) is 0 Å². The van der Waals surface area contributed by atoms with Crippen molar-refractivity contribution in [2.45, 2.75) is 42.9 Å². The summed E-state index contributed by atoms with van der Waals surface area (Å²) in [4.78, 5) is 19.2. The van der Waals surface area contributed by atoms with Crippen molar-refractivity contribution in [3.63, 3.8) is 0 Å². The van der Waals surface area contributed by atoms with Gasteiger partial charge in [-0.3, -0.25) is 4.79 Å². The molecule has 0 spiro atoms. The number of rotatable bonds is 7. The maximum atomic E-state index is 12.8. The Kier molecular flexibility index (Phi) is 7.03. The van der Waals surface area contributed by atoms with Gasteiger partial charge in [0.2, 0.25) is 5.91 Å². The molecule has 8 heteroatoms. The number of sulfone groups is 1. The van der Waals surface area contributed by atoms with Crippen LogP contribution in [0.2, 0.25) is 5.02 Å². The molecule has 1 N–H and O–H groups in total. The molecule has 1 saturated carbocycles. The molecule has 162 valence electrons. The van der Waals surface area contributed by atoms with Crippen LogP contribution in [0.1, 0.15) is 43.6 Å². The molecule has 1 aliphatic rings. The molecule has 1 amide bonds. The average Bonchev–Trinajstić information content (AvgIpc) is 3.20. The molecule has 1 aromatic carbocycles. The van der Waals surface area contributed by atoms with Crippen molar-refractivity contribution in [1.82, 2.24) is 4.98 Å². The lowest BCUT2D eigenvalue weighted by Crippen LogP contribution is -2.20. The van der Waals surface area contributed by atoms with Crippen molar-refractivity contribution >= 4 is 38.9 Å². The Morgan fingerprint density at radius 1 is 1.23 bits per heavy atom. The highest BCUT2D eigenvalue weighted by molar-refractivity contribution is 7.90. The van der Waals surface area contributed by atoms with Crippen LogP contribution in [0, 0.1) is 5.92 Å². The summed E-state index contributed by atoms with van der Waals surface area (Å²) in [5, 5.41) is 3.09. The zero-order chi connectivity index (χ0) is 21.9. The smallest absolute Gasteiger partial charge is 0.226 e. The molecule has 0 aliphatic heterocycles. The van der Waals surface area contributed by atoms with Crippen LogP contribution in [0.15, 0.2) is 41.4 Å². The van der Waals surface area contributed by atoms with Crippen molar-refractivity contribution in [2.24, 2.45) is 5.92 Å². The number of pyridine rings is 1. The SMILES string of the molecule is CN(C)c1ccc(NC(=O)CC(c2ccc(S(C)(=O)=O)c(Cl)c2)C2CCCC2)nc1. The van der Waals surface area contributed by atoms with Crippen LogP contribution < -0.4 is 10.2 Å². The van der Waals surface area contributed by atoms with E-state index in [2.05, 4.69) is 10.3 Å². The summed E-state index contributed by atoms with van der Waals surface area (Å²) >= 11 is 6.28. The van der Waals surface area contributed by atoms with Gasteiger partial charge in [0.1, 0.15) is 5.82 Å². The largest absolute Gasteiger partial charge is 0.376 e. The van der Waals surface area contributed by atoms with E-state index in [1.54, 1.807) is 30.5 Å². The Morgan fingerprint density at radius 3 is 2.47 bits per heavy atom. The number of carbonyl (C=O) groups excluding carboxylic acids is 1. The second-order valence-electron chi connectivity index (χ2n) is 8.16. The van der Waals surface area contributed by atoms with Crippen LogP contribution in [-0.2, 0) is 14.6 Å². The fourth-order valence-electron chi connectivity index (χ4n) is 4.08. The van der Waals surface area contributed by atoms with E-state index in [-0.39, 0.29) is 21.7 Å². The molecule has 0 bridgehead atoms. The van der Waals surface area contributed by atoms with Gasteiger partial charge in [0.05, 0.1) is 21.8 Å². The quantitative estimate of drug-likeness (QED) is 0.672. The zero-order valence-electron chi connectivity index (χ0n) is 17.6. The van der Waals surface area contributed by atoms with E-state index >= 15 is 0 Å². The Hall–Kier alpha value is -2.12. The molecule has 0 saturated heterocycles. The first kappa shape index (κ1) is 22.6. The predicted octanol–water partition coefficient (Wildman–Crippen LogP) is 4.51. The van der Waals surface area contributed by atoms with E-state index in [9.17, 15) is 13.2 Å². The highest BCUT2D eigenvalue weighted by Crippen LogP contribution is 2.41. The third kappa shape index (κ3) is 5.52. The third-order valence-electron chi connectivity index (χ3n) is 5.69. The maximum absolute atomic E-state index is 12.8. The Morgan fingerprint density at radius 2 is 1.93 bits per heavy atom. The van der Waals surface area contributed by atoms with Gasteiger partial charge in [0.25, 0.3) is 0 Å². The first-order chi connectivity index (χ1) is 14.1. The first-order valence-corrected chi connectivity index (χ1v) is 12.3. The van der Waals surface area contributed by atoms with Gasteiger partial charge < -0.3 is 10.2 Å². The van der Waals surface area contributed by atoms with Crippen LogP contribution in [-0.4, -0.2) is 39.7 Å². The fraction of sp³-hybridized carbons (Fsp3) is 0.455. The minimum absolute atomic E-state index is 0.0142. The molecule has 1 fully saturated rings. The van der Waals surface area contributed by atoms with E-state index in [4.69, 9.17) is 11.6 Å². The van der Waals surface area contributed by atoms with Crippen molar-refractivity contribution in [2.75, 3.05) is 30.6 Å². The molecular formula is C22H28ClN3O3S. The zero-order valence-corrected chi connectivity index (χ0v) is 19.1. The number of benzene rings is 1. The van der Waals surface area contributed by atoms with Gasteiger partial charge >= 0.3 is 0 Å². The minimum atomic E-state index is -3.39. The standard InChI is InChI=1S/C22H28ClN3O3S/c1-26(2)17-9-11-21(24-14-17)25-22(27)13-18(15-6-4-5-7-15)16-8-10-20(19(23)12-16)30(3,28)29/h8-12,14-15,18H,4-7,13H2,1-3H3,(H,24,25,27). The van der Waals surface area contributed by atoms with Crippen LogP contribution >= 0.6 is 11.6 Å². The van der Waals surface area contributed by atoms with E-state index in [1.807, 2.05) is 25.1 Å². The third-order valence-corrected chi connectivity index (χ3v) is 7.27. The predicted molar refractivity (Wildman–Crippen MR) is 121 cm³/mol. The Balaban J connectivity index is 1.79. The lowest BCUT2D eigenvalue weighted by Gasteiger charge is -2.24. The second-order valence-corrected chi connectivity index (χ2v) is 10.6. The Labute approximate surface area is 183 Å². The molecule has 1 unspecified atom stereocenters. The van der Waals surface area contributed by atoms with E-state index in [0.717, 1.165) is 43.2 Å². The number of amides is 1. The molecule has 1 aromatic heterocycles. The van der Waals surface area contributed by atoms with E-state index in [1.165, 1.54) is 0 Å². The number of hydrogen-bond donors (Lipinski definition) is 1. The number of anilines is 2. The lowest BCUT2D eigenvalue weighted by atomic mass is 9.82. The van der Waals surface area contributed by atoms with Gasteiger partial charge in [-0.1, -0.05) is 30.5 Å². The monoisotopic (exact) mass is 449 g/mol. The summed E-state index contributed by atoms with van der Waals surface area (Å²) in [7, 11) is 0.473. The molecule has 3 rings (SSSR count). The van der Waals surface area contributed by atoms with Gasteiger partial charge in [0, 0.05) is 26.8 Å². The molecule has 1 heterocycles. The summed E-state index contributed by atoms with van der Waals surface area (Å²) in [6, 6.07) is 8.74. The average molecular weight is 450 g/mol. The second kappa shape index (κ2) is 9.35. The molecule has 1 aliphatic carbocycles. The van der Waals surface area contributed by atoms with Crippen LogP contribution in [0.4, 0.5) is 11.5 Å². The lowest BCUT2D eigenvalue weighted by molar-refractivity contribution is -0.116. The number of hydrogen-bond acceptors (Lipinski definition) is 5.